The van der Waals surface area contributed by atoms with Gasteiger partial charge in [-0.2, -0.15) is 11.8 Å². The van der Waals surface area contributed by atoms with Crippen LogP contribution in [0.3, 0.4) is 0 Å². The minimum Gasteiger partial charge on any atom is -0.309 e. The maximum absolute atomic E-state index is 3.71. The maximum atomic E-state index is 3.71. The largest absolute Gasteiger partial charge is 0.309 e. The molecule has 2 heteroatoms. The quantitative estimate of drug-likeness (QED) is 0.825. The molecule has 1 aromatic rings. The molecule has 19 heavy (non-hydrogen) atoms. The zero-order chi connectivity index (χ0) is 13.7. The van der Waals surface area contributed by atoms with Crippen molar-refractivity contribution < 1.29 is 0 Å². The van der Waals surface area contributed by atoms with Crippen LogP contribution in [-0.4, -0.2) is 17.5 Å². The van der Waals surface area contributed by atoms with Crippen molar-refractivity contribution in [2.45, 2.75) is 51.3 Å². The predicted octanol–water partition coefficient (Wildman–Crippen LogP) is 4.43. The van der Waals surface area contributed by atoms with Crippen LogP contribution in [0.4, 0.5) is 0 Å². The van der Waals surface area contributed by atoms with Crippen LogP contribution in [0.2, 0.25) is 0 Å². The Kier molecular flexibility index (Phi) is 5.77. The van der Waals surface area contributed by atoms with Gasteiger partial charge in [-0.3, -0.25) is 0 Å². The molecule has 2 atom stereocenters. The SMILES string of the molecule is CCNC1c2ccccc2CCC1SCCC(C)C. The summed E-state index contributed by atoms with van der Waals surface area (Å²) in [4.78, 5) is 0. The first-order chi connectivity index (χ1) is 9.22. The molecule has 0 amide bonds. The first kappa shape index (κ1) is 14.9. The van der Waals surface area contributed by atoms with Crippen molar-refractivity contribution in [2.75, 3.05) is 12.3 Å². The van der Waals surface area contributed by atoms with Crippen LogP contribution < -0.4 is 5.32 Å². The zero-order valence-corrected chi connectivity index (χ0v) is 13.3. The lowest BCUT2D eigenvalue weighted by Crippen LogP contribution is -2.34. The highest BCUT2D eigenvalue weighted by molar-refractivity contribution is 7.99. The van der Waals surface area contributed by atoms with Gasteiger partial charge in [-0.15, -0.1) is 0 Å². The molecule has 106 valence electrons. The van der Waals surface area contributed by atoms with Crippen LogP contribution in [0.1, 0.15) is 50.8 Å². The molecule has 0 saturated carbocycles. The summed E-state index contributed by atoms with van der Waals surface area (Å²) >= 11 is 2.17. The van der Waals surface area contributed by atoms with Gasteiger partial charge in [0, 0.05) is 11.3 Å². The Balaban J connectivity index is 2.04. The second-order valence-corrected chi connectivity index (χ2v) is 7.21. The molecular weight excluding hydrogens is 250 g/mol. The number of rotatable bonds is 6. The molecule has 1 aliphatic carbocycles. The van der Waals surface area contributed by atoms with E-state index >= 15 is 0 Å². The molecule has 0 aromatic heterocycles. The fourth-order valence-electron chi connectivity index (χ4n) is 2.83. The molecule has 1 N–H and O–H groups in total. The van der Waals surface area contributed by atoms with Gasteiger partial charge in [0.05, 0.1) is 0 Å². The van der Waals surface area contributed by atoms with E-state index in [2.05, 4.69) is 62.1 Å². The van der Waals surface area contributed by atoms with Gasteiger partial charge in [0.15, 0.2) is 0 Å². The fraction of sp³-hybridized carbons (Fsp3) is 0.647. The summed E-state index contributed by atoms with van der Waals surface area (Å²) in [5.74, 6) is 2.12. The second-order valence-electron chi connectivity index (χ2n) is 5.86. The Labute approximate surface area is 122 Å². The lowest BCUT2D eigenvalue weighted by molar-refractivity contribution is 0.483. The van der Waals surface area contributed by atoms with E-state index in [1.165, 1.54) is 30.6 Å². The summed E-state index contributed by atoms with van der Waals surface area (Å²) in [6, 6.07) is 9.53. The van der Waals surface area contributed by atoms with Crippen molar-refractivity contribution >= 4 is 11.8 Å². The number of hydrogen-bond acceptors (Lipinski definition) is 2. The molecule has 0 fully saturated rings. The fourth-order valence-corrected chi connectivity index (χ4v) is 4.46. The van der Waals surface area contributed by atoms with Crippen LogP contribution in [0.25, 0.3) is 0 Å². The molecule has 0 saturated heterocycles. The lowest BCUT2D eigenvalue weighted by atomic mass is 9.87. The van der Waals surface area contributed by atoms with Crippen LogP contribution in [0, 0.1) is 5.92 Å². The van der Waals surface area contributed by atoms with Gasteiger partial charge >= 0.3 is 0 Å². The monoisotopic (exact) mass is 277 g/mol. The van der Waals surface area contributed by atoms with E-state index in [-0.39, 0.29) is 0 Å². The molecular formula is C17H27NS. The van der Waals surface area contributed by atoms with E-state index in [4.69, 9.17) is 0 Å². The Morgan fingerprint density at radius 3 is 2.84 bits per heavy atom. The third-order valence-corrected chi connectivity index (χ3v) is 5.32. The van der Waals surface area contributed by atoms with Gasteiger partial charge in [0.2, 0.25) is 0 Å². The van der Waals surface area contributed by atoms with Crippen LogP contribution in [0.5, 0.6) is 0 Å². The smallest absolute Gasteiger partial charge is 0.0443 e. The van der Waals surface area contributed by atoms with Crippen molar-refractivity contribution in [1.82, 2.24) is 5.32 Å². The third-order valence-electron chi connectivity index (χ3n) is 3.91. The van der Waals surface area contributed by atoms with Crippen molar-refractivity contribution in [3.63, 3.8) is 0 Å². The van der Waals surface area contributed by atoms with Crippen LogP contribution in [-0.2, 0) is 6.42 Å². The van der Waals surface area contributed by atoms with Gasteiger partial charge in [0.1, 0.15) is 0 Å². The topological polar surface area (TPSA) is 12.0 Å². The minimum absolute atomic E-state index is 0.548. The Morgan fingerprint density at radius 2 is 2.11 bits per heavy atom. The molecule has 2 unspecified atom stereocenters. The standard InChI is InChI=1S/C17H27NS/c1-4-18-17-15-8-6-5-7-14(15)9-10-16(17)19-12-11-13(2)3/h5-8,13,16-18H,4,9-12H2,1-3H3. The molecule has 2 rings (SSSR count). The number of thioether (sulfide) groups is 1. The highest BCUT2D eigenvalue weighted by Crippen LogP contribution is 2.37. The molecule has 1 nitrogen and oxygen atoms in total. The van der Waals surface area contributed by atoms with E-state index in [1.54, 1.807) is 5.56 Å². The van der Waals surface area contributed by atoms with E-state index in [0.717, 1.165) is 17.7 Å². The molecule has 0 radical (unpaired) electrons. The summed E-state index contributed by atoms with van der Waals surface area (Å²) in [6.45, 7) is 7.91. The zero-order valence-electron chi connectivity index (χ0n) is 12.5. The van der Waals surface area contributed by atoms with E-state index in [0.29, 0.717) is 6.04 Å². The van der Waals surface area contributed by atoms with Gasteiger partial charge in [0.25, 0.3) is 0 Å². The normalized spacial score (nSPS) is 22.5. The summed E-state index contributed by atoms with van der Waals surface area (Å²) in [6.07, 6.45) is 3.90. The highest BCUT2D eigenvalue weighted by atomic mass is 32.2. The first-order valence-corrected chi connectivity index (χ1v) is 8.70. The van der Waals surface area contributed by atoms with Gasteiger partial charge in [-0.25, -0.2) is 0 Å². The Bertz CT molecular complexity index is 389. The van der Waals surface area contributed by atoms with Crippen molar-refractivity contribution in [3.8, 4) is 0 Å². The minimum atomic E-state index is 0.548. The van der Waals surface area contributed by atoms with Gasteiger partial charge in [-0.1, -0.05) is 45.0 Å². The predicted molar refractivity (Wildman–Crippen MR) is 86.9 cm³/mol. The van der Waals surface area contributed by atoms with E-state index in [1.807, 2.05) is 0 Å². The number of aryl methyl sites for hydroxylation is 1. The molecule has 1 aliphatic rings. The molecule has 1 aromatic carbocycles. The molecule has 0 bridgehead atoms. The summed E-state index contributed by atoms with van der Waals surface area (Å²) in [5, 5.41) is 4.45. The number of nitrogens with one attached hydrogen (secondary N) is 1. The van der Waals surface area contributed by atoms with Crippen molar-refractivity contribution in [3.05, 3.63) is 35.4 Å². The van der Waals surface area contributed by atoms with Crippen molar-refractivity contribution in [1.29, 1.82) is 0 Å². The van der Waals surface area contributed by atoms with E-state index in [9.17, 15) is 0 Å². The van der Waals surface area contributed by atoms with Crippen LogP contribution in [0.15, 0.2) is 24.3 Å². The average molecular weight is 277 g/mol. The number of fused-ring (bicyclic) bond motifs is 1. The molecule has 0 heterocycles. The first-order valence-electron chi connectivity index (χ1n) is 7.65. The Hall–Kier alpha value is -0.470. The number of benzene rings is 1. The summed E-state index contributed by atoms with van der Waals surface area (Å²) < 4.78 is 0. The van der Waals surface area contributed by atoms with E-state index < -0.39 is 0 Å². The third kappa shape index (κ3) is 4.00. The Morgan fingerprint density at radius 1 is 1.32 bits per heavy atom. The van der Waals surface area contributed by atoms with Crippen LogP contribution >= 0.6 is 11.8 Å². The van der Waals surface area contributed by atoms with Gasteiger partial charge in [-0.05, 0) is 48.6 Å². The molecule has 0 aliphatic heterocycles. The average Bonchev–Trinajstić information content (AvgIpc) is 2.41. The lowest BCUT2D eigenvalue weighted by Gasteiger charge is -2.34. The highest BCUT2D eigenvalue weighted by Gasteiger charge is 2.28. The second kappa shape index (κ2) is 7.35. The van der Waals surface area contributed by atoms with Crippen molar-refractivity contribution in [2.24, 2.45) is 5.92 Å². The number of hydrogen-bond donors (Lipinski definition) is 1. The molecule has 0 spiro atoms. The summed E-state index contributed by atoms with van der Waals surface area (Å²) in [5.41, 5.74) is 3.09. The maximum Gasteiger partial charge on any atom is 0.0443 e. The summed E-state index contributed by atoms with van der Waals surface area (Å²) in [7, 11) is 0. The van der Waals surface area contributed by atoms with Gasteiger partial charge < -0.3 is 5.32 Å².